The Morgan fingerprint density at radius 1 is 1.24 bits per heavy atom. The summed E-state index contributed by atoms with van der Waals surface area (Å²) in [5.41, 5.74) is -0.847. The molecule has 3 heteroatoms. The van der Waals surface area contributed by atoms with Crippen LogP contribution in [0.15, 0.2) is 0 Å². The van der Waals surface area contributed by atoms with Crippen molar-refractivity contribution in [1.29, 1.82) is 0 Å². The van der Waals surface area contributed by atoms with Gasteiger partial charge in [-0.1, -0.05) is 33.6 Å². The summed E-state index contributed by atoms with van der Waals surface area (Å²) < 4.78 is 11.3. The summed E-state index contributed by atoms with van der Waals surface area (Å²) in [5.74, 6) is -0.155. The van der Waals surface area contributed by atoms with Gasteiger partial charge in [-0.05, 0) is 31.6 Å². The van der Waals surface area contributed by atoms with Crippen molar-refractivity contribution in [2.45, 2.75) is 71.0 Å². The topological polar surface area (TPSA) is 38.8 Å². The molecule has 2 atom stereocenters. The summed E-state index contributed by atoms with van der Waals surface area (Å²) in [5, 5.41) is 0. The standard InChI is InChI=1S/C14H24O3/c1-5-13(11(15)16-6-2)14(17-13)10-8-7-9-12(14,3)4/h5-10H2,1-4H3. The van der Waals surface area contributed by atoms with Crippen LogP contribution in [0.3, 0.4) is 0 Å². The first-order valence-corrected chi connectivity index (χ1v) is 6.83. The first-order chi connectivity index (χ1) is 7.96. The van der Waals surface area contributed by atoms with Crippen LogP contribution < -0.4 is 0 Å². The molecule has 3 nitrogen and oxygen atoms in total. The van der Waals surface area contributed by atoms with E-state index in [2.05, 4.69) is 13.8 Å². The maximum atomic E-state index is 12.2. The van der Waals surface area contributed by atoms with E-state index in [4.69, 9.17) is 9.47 Å². The van der Waals surface area contributed by atoms with Crippen LogP contribution in [-0.4, -0.2) is 23.8 Å². The second kappa shape index (κ2) is 3.98. The number of hydrogen-bond donors (Lipinski definition) is 0. The van der Waals surface area contributed by atoms with Gasteiger partial charge >= 0.3 is 5.97 Å². The summed E-state index contributed by atoms with van der Waals surface area (Å²) in [6.07, 6.45) is 5.24. The van der Waals surface area contributed by atoms with E-state index in [9.17, 15) is 4.79 Å². The third kappa shape index (κ3) is 1.55. The highest BCUT2D eigenvalue weighted by Gasteiger charge is 2.79. The van der Waals surface area contributed by atoms with Crippen LogP contribution in [0.5, 0.6) is 0 Å². The smallest absolute Gasteiger partial charge is 0.341 e. The van der Waals surface area contributed by atoms with Crippen molar-refractivity contribution in [1.82, 2.24) is 0 Å². The van der Waals surface area contributed by atoms with Gasteiger partial charge in [-0.25, -0.2) is 4.79 Å². The monoisotopic (exact) mass is 240 g/mol. The Balaban J connectivity index is 2.26. The van der Waals surface area contributed by atoms with Gasteiger partial charge in [0.15, 0.2) is 5.60 Å². The quantitative estimate of drug-likeness (QED) is 0.562. The number of ether oxygens (including phenoxy) is 2. The van der Waals surface area contributed by atoms with E-state index in [0.29, 0.717) is 6.61 Å². The SMILES string of the molecule is CCOC(=O)C1(CC)OC12CCCCC2(C)C. The third-order valence-electron chi connectivity index (χ3n) is 4.74. The zero-order valence-corrected chi connectivity index (χ0v) is 11.5. The number of esters is 1. The molecule has 2 aliphatic rings. The lowest BCUT2D eigenvalue weighted by Crippen LogP contribution is -2.46. The second-order valence-electron chi connectivity index (χ2n) is 5.92. The Morgan fingerprint density at radius 2 is 1.88 bits per heavy atom. The van der Waals surface area contributed by atoms with Gasteiger partial charge in [-0.3, -0.25) is 0 Å². The van der Waals surface area contributed by atoms with E-state index in [-0.39, 0.29) is 17.0 Å². The number of epoxide rings is 1. The van der Waals surface area contributed by atoms with Crippen molar-refractivity contribution >= 4 is 5.97 Å². The fraction of sp³-hybridized carbons (Fsp3) is 0.929. The minimum atomic E-state index is -0.660. The predicted octanol–water partition coefficient (Wildman–Crippen LogP) is 3.07. The molecular weight excluding hydrogens is 216 g/mol. The highest BCUT2D eigenvalue weighted by Crippen LogP contribution is 2.66. The molecule has 17 heavy (non-hydrogen) atoms. The van der Waals surface area contributed by atoms with E-state index in [1.165, 1.54) is 6.42 Å². The molecule has 0 N–H and O–H groups in total. The highest BCUT2D eigenvalue weighted by atomic mass is 16.7. The predicted molar refractivity (Wildman–Crippen MR) is 65.7 cm³/mol. The maximum absolute atomic E-state index is 12.2. The fourth-order valence-electron chi connectivity index (χ4n) is 3.65. The Kier molecular flexibility index (Phi) is 3.01. The number of rotatable bonds is 3. The van der Waals surface area contributed by atoms with Crippen LogP contribution in [0.4, 0.5) is 0 Å². The lowest BCUT2D eigenvalue weighted by atomic mass is 9.63. The Bertz CT molecular complexity index is 323. The van der Waals surface area contributed by atoms with E-state index in [1.807, 2.05) is 13.8 Å². The van der Waals surface area contributed by atoms with Crippen molar-refractivity contribution in [3.63, 3.8) is 0 Å². The first-order valence-electron chi connectivity index (χ1n) is 6.83. The fourth-order valence-corrected chi connectivity index (χ4v) is 3.65. The second-order valence-corrected chi connectivity index (χ2v) is 5.92. The molecule has 2 fully saturated rings. The Hall–Kier alpha value is -0.570. The molecule has 1 aliphatic carbocycles. The zero-order chi connectivity index (χ0) is 12.7. The number of carbonyl (C=O) groups is 1. The molecule has 2 unspecified atom stereocenters. The first kappa shape index (κ1) is 12.9. The van der Waals surface area contributed by atoms with Gasteiger partial charge in [0.2, 0.25) is 0 Å². The van der Waals surface area contributed by atoms with Crippen molar-refractivity contribution in [3.05, 3.63) is 0 Å². The van der Waals surface area contributed by atoms with Crippen molar-refractivity contribution in [2.24, 2.45) is 5.41 Å². The molecule has 1 saturated carbocycles. The lowest BCUT2D eigenvalue weighted by Gasteiger charge is -2.38. The van der Waals surface area contributed by atoms with Gasteiger partial charge in [0.1, 0.15) is 5.60 Å². The number of carbonyl (C=O) groups excluding carboxylic acids is 1. The molecule has 0 aromatic rings. The average Bonchev–Trinajstić information content (AvgIpc) is 2.95. The Labute approximate surface area is 104 Å². The average molecular weight is 240 g/mol. The third-order valence-corrected chi connectivity index (χ3v) is 4.74. The van der Waals surface area contributed by atoms with Gasteiger partial charge < -0.3 is 9.47 Å². The van der Waals surface area contributed by atoms with Gasteiger partial charge in [0, 0.05) is 0 Å². The number of hydrogen-bond acceptors (Lipinski definition) is 3. The van der Waals surface area contributed by atoms with Crippen molar-refractivity contribution < 1.29 is 14.3 Å². The minimum Gasteiger partial charge on any atom is -0.464 e. The van der Waals surface area contributed by atoms with Crippen LogP contribution in [0.2, 0.25) is 0 Å². The molecule has 1 saturated heterocycles. The molecule has 98 valence electrons. The zero-order valence-electron chi connectivity index (χ0n) is 11.5. The van der Waals surface area contributed by atoms with Crippen LogP contribution in [0, 0.1) is 5.41 Å². The van der Waals surface area contributed by atoms with E-state index in [0.717, 1.165) is 25.7 Å². The summed E-state index contributed by atoms with van der Waals surface area (Å²) in [6, 6.07) is 0. The largest absolute Gasteiger partial charge is 0.464 e. The molecule has 2 rings (SSSR count). The molecule has 0 aromatic heterocycles. The molecule has 0 amide bonds. The van der Waals surface area contributed by atoms with Gasteiger partial charge in [0.05, 0.1) is 6.61 Å². The Morgan fingerprint density at radius 3 is 2.41 bits per heavy atom. The molecule has 0 radical (unpaired) electrons. The van der Waals surface area contributed by atoms with Crippen molar-refractivity contribution in [3.8, 4) is 0 Å². The van der Waals surface area contributed by atoms with Gasteiger partial charge in [0.25, 0.3) is 0 Å². The molecule has 0 aromatic carbocycles. The lowest BCUT2D eigenvalue weighted by molar-refractivity contribution is -0.149. The molecule has 1 heterocycles. The summed E-state index contributed by atoms with van der Waals surface area (Å²) in [6.45, 7) is 8.75. The van der Waals surface area contributed by atoms with Gasteiger partial charge in [-0.15, -0.1) is 0 Å². The van der Waals surface area contributed by atoms with Crippen molar-refractivity contribution in [2.75, 3.05) is 6.61 Å². The maximum Gasteiger partial charge on any atom is 0.341 e. The summed E-state index contributed by atoms with van der Waals surface area (Å²) in [4.78, 5) is 12.2. The van der Waals surface area contributed by atoms with E-state index < -0.39 is 5.60 Å². The minimum absolute atomic E-state index is 0.0774. The molecule has 1 spiro atoms. The van der Waals surface area contributed by atoms with Gasteiger partial charge in [-0.2, -0.15) is 0 Å². The van der Waals surface area contributed by atoms with E-state index >= 15 is 0 Å². The summed E-state index contributed by atoms with van der Waals surface area (Å²) >= 11 is 0. The van der Waals surface area contributed by atoms with E-state index in [1.54, 1.807) is 0 Å². The molecule has 0 bridgehead atoms. The molecule has 1 aliphatic heterocycles. The highest BCUT2D eigenvalue weighted by molar-refractivity contribution is 5.85. The molecular formula is C14H24O3. The van der Waals surface area contributed by atoms with Crippen LogP contribution in [-0.2, 0) is 14.3 Å². The summed E-state index contributed by atoms with van der Waals surface area (Å²) in [7, 11) is 0. The van der Waals surface area contributed by atoms with Crippen LogP contribution in [0.1, 0.15) is 59.8 Å². The normalized spacial score (nSPS) is 39.1. The van der Waals surface area contributed by atoms with Crippen LogP contribution >= 0.6 is 0 Å². The van der Waals surface area contributed by atoms with Crippen LogP contribution in [0.25, 0.3) is 0 Å².